The number of rotatable bonds is 7. The molecule has 13 nitrogen and oxygen atoms in total. The predicted octanol–water partition coefficient (Wildman–Crippen LogP) is 7.68. The molecule has 0 saturated heterocycles. The van der Waals surface area contributed by atoms with E-state index in [1.54, 1.807) is 24.5 Å². The molecule has 0 radical (unpaired) electrons. The van der Waals surface area contributed by atoms with Crippen molar-refractivity contribution in [3.05, 3.63) is 81.7 Å². The van der Waals surface area contributed by atoms with Crippen LogP contribution in [0, 0.1) is 11.8 Å². The first-order valence-corrected chi connectivity index (χ1v) is 21.3. The Labute approximate surface area is 362 Å². The number of ether oxygens (including phenoxy) is 2. The molecule has 4 aromatic rings. The van der Waals surface area contributed by atoms with E-state index in [-0.39, 0.29) is 35.3 Å². The van der Waals surface area contributed by atoms with Gasteiger partial charge in [-0.25, -0.2) is 9.36 Å². The number of hydrogen-bond donors (Lipinski definition) is 3. The van der Waals surface area contributed by atoms with Crippen molar-refractivity contribution in [1.82, 2.24) is 34.8 Å². The highest BCUT2D eigenvalue weighted by Crippen LogP contribution is 2.42. The molecule has 6 heterocycles. The number of aromatic nitrogens is 6. The number of carbonyl (C=O) groups excluding carboxylic acids is 1. The lowest BCUT2D eigenvalue weighted by Crippen LogP contribution is -2.38. The molecule has 0 bridgehead atoms. The number of carbonyl (C=O) groups is 2. The van der Waals surface area contributed by atoms with E-state index < -0.39 is 35.1 Å². The van der Waals surface area contributed by atoms with E-state index in [1.165, 1.54) is 12.1 Å². The van der Waals surface area contributed by atoms with Crippen LogP contribution in [0.2, 0.25) is 0 Å². The topological polar surface area (TPSA) is 172 Å². The Balaban J connectivity index is 0.000000175. The normalized spacial score (nSPS) is 19.4. The summed E-state index contributed by atoms with van der Waals surface area (Å²) in [7, 11) is 0. The summed E-state index contributed by atoms with van der Waals surface area (Å²) in [4.78, 5) is 32.3. The lowest BCUT2D eigenvalue weighted by molar-refractivity contribution is -0.181. The van der Waals surface area contributed by atoms with Crippen LogP contribution in [0.5, 0.6) is 11.8 Å². The van der Waals surface area contributed by atoms with Crippen molar-refractivity contribution in [2.75, 3.05) is 13.2 Å². The molecule has 4 aliphatic rings. The standard InChI is InChI=1S/C22H27F3N4O2.C14H16F3NO2.C8H13N3O/c1-13(16-12-26-29-9-4-10-31-20(16)29)27-19(30)15-5-7-17-14(11-15)6-8-18(28-17)21(2,3)22(23,24)25;1-13(2,14(15,16)17)11-6-4-8-7-9(12(19)20)3-5-10(8)18-11;1-6(9)7-5-10-11-3-2-4-12-8(7)11/h6,8,12-13,15H,4-5,7,9-11H2,1-3H3,(H,27,30);4,6,9H,3,5,7H2,1-2H3,(H,19,20);5-6H,2-4,9H2,1H3/t13-,15+;9-;6-/m101/s1. The number of amides is 1. The number of alkyl halides is 6. The van der Waals surface area contributed by atoms with Crippen LogP contribution < -0.4 is 20.5 Å². The maximum Gasteiger partial charge on any atom is 0.399 e. The first kappa shape index (κ1) is 47.3. The van der Waals surface area contributed by atoms with Crippen molar-refractivity contribution in [3.8, 4) is 11.8 Å². The summed E-state index contributed by atoms with van der Waals surface area (Å²) in [6.45, 7) is 11.5. The molecule has 0 fully saturated rings. The molecule has 8 rings (SSSR count). The first-order chi connectivity index (χ1) is 29.5. The van der Waals surface area contributed by atoms with Gasteiger partial charge in [0.05, 0.1) is 60.1 Å². The molecule has 19 heteroatoms. The average molecular weight is 891 g/mol. The molecule has 0 saturated carbocycles. The summed E-state index contributed by atoms with van der Waals surface area (Å²) >= 11 is 0. The molecule has 2 aliphatic carbocycles. The Morgan fingerprint density at radius 1 is 0.746 bits per heavy atom. The van der Waals surface area contributed by atoms with E-state index in [0.29, 0.717) is 62.4 Å². The molecule has 0 unspecified atom stereocenters. The van der Waals surface area contributed by atoms with Gasteiger partial charge < -0.3 is 25.6 Å². The Morgan fingerprint density at radius 2 is 1.19 bits per heavy atom. The fraction of sp³-hybridized carbons (Fsp3) is 0.591. The summed E-state index contributed by atoms with van der Waals surface area (Å²) < 4.78 is 93.9. The van der Waals surface area contributed by atoms with Gasteiger partial charge in [-0.1, -0.05) is 12.1 Å². The monoisotopic (exact) mass is 890 g/mol. The van der Waals surface area contributed by atoms with Crippen LogP contribution in [-0.2, 0) is 59.2 Å². The maximum absolute atomic E-state index is 13.4. The quantitative estimate of drug-likeness (QED) is 0.156. The third-order valence-electron chi connectivity index (χ3n) is 12.4. The Morgan fingerprint density at radius 3 is 1.65 bits per heavy atom. The van der Waals surface area contributed by atoms with E-state index in [9.17, 15) is 35.9 Å². The van der Waals surface area contributed by atoms with Crippen molar-refractivity contribution in [2.45, 2.75) is 141 Å². The predicted molar refractivity (Wildman–Crippen MR) is 219 cm³/mol. The summed E-state index contributed by atoms with van der Waals surface area (Å²) in [5.74, 6) is -0.0893. The van der Waals surface area contributed by atoms with Gasteiger partial charge in [-0.05, 0) is 103 Å². The van der Waals surface area contributed by atoms with Crippen molar-refractivity contribution < 1.29 is 50.5 Å². The number of nitrogens with one attached hydrogen (secondary N) is 1. The minimum atomic E-state index is -4.38. The second kappa shape index (κ2) is 18.5. The van der Waals surface area contributed by atoms with E-state index in [4.69, 9.17) is 20.3 Å². The van der Waals surface area contributed by atoms with Gasteiger partial charge in [-0.3, -0.25) is 19.6 Å². The fourth-order valence-corrected chi connectivity index (χ4v) is 7.84. The van der Waals surface area contributed by atoms with Gasteiger partial charge in [0.1, 0.15) is 10.8 Å². The Hall–Kier alpha value is -5.20. The smallest absolute Gasteiger partial charge is 0.399 e. The van der Waals surface area contributed by atoms with Crippen LogP contribution in [0.25, 0.3) is 0 Å². The number of carboxylic acid groups (broad SMARTS) is 1. The summed E-state index contributed by atoms with van der Waals surface area (Å²) in [5, 5.41) is 20.5. The van der Waals surface area contributed by atoms with Gasteiger partial charge in [0.15, 0.2) is 0 Å². The molecule has 344 valence electrons. The number of nitrogens with zero attached hydrogens (tertiary/aromatic N) is 6. The molecule has 4 aromatic heterocycles. The van der Waals surface area contributed by atoms with Gasteiger partial charge in [0.2, 0.25) is 17.7 Å². The van der Waals surface area contributed by atoms with E-state index in [2.05, 4.69) is 25.5 Å². The van der Waals surface area contributed by atoms with E-state index in [0.717, 1.165) is 88.4 Å². The van der Waals surface area contributed by atoms with Crippen molar-refractivity contribution in [1.29, 1.82) is 0 Å². The Bertz CT molecular complexity index is 2270. The molecule has 63 heavy (non-hydrogen) atoms. The lowest BCUT2D eigenvalue weighted by atomic mass is 9.83. The van der Waals surface area contributed by atoms with Crippen LogP contribution in [-0.4, -0.2) is 72.1 Å². The molecule has 4 N–H and O–H groups in total. The molecule has 4 atom stereocenters. The van der Waals surface area contributed by atoms with Crippen LogP contribution >= 0.6 is 0 Å². The zero-order valence-corrected chi connectivity index (χ0v) is 36.4. The van der Waals surface area contributed by atoms with Crippen LogP contribution in [0.1, 0.15) is 124 Å². The molecule has 0 aromatic carbocycles. The van der Waals surface area contributed by atoms with Gasteiger partial charge in [0, 0.05) is 49.3 Å². The van der Waals surface area contributed by atoms with Gasteiger partial charge in [-0.2, -0.15) is 36.5 Å². The van der Waals surface area contributed by atoms with Crippen molar-refractivity contribution >= 4 is 11.9 Å². The average Bonchev–Trinajstić information content (AvgIpc) is 3.88. The molecular formula is C44H56F6N8O5. The third-order valence-corrected chi connectivity index (χ3v) is 12.4. The highest BCUT2D eigenvalue weighted by Gasteiger charge is 2.51. The highest BCUT2D eigenvalue weighted by atomic mass is 19.4. The number of aryl methyl sites for hydroxylation is 4. The Kier molecular flexibility index (Phi) is 13.9. The molecule has 1 amide bonds. The number of pyridine rings is 2. The lowest BCUT2D eigenvalue weighted by Gasteiger charge is -2.30. The summed E-state index contributed by atoms with van der Waals surface area (Å²) in [5.41, 5.74) is 6.42. The van der Waals surface area contributed by atoms with Crippen molar-refractivity contribution in [3.63, 3.8) is 0 Å². The summed E-state index contributed by atoms with van der Waals surface area (Å²) in [6, 6.07) is 5.83. The zero-order valence-electron chi connectivity index (χ0n) is 36.4. The summed E-state index contributed by atoms with van der Waals surface area (Å²) in [6.07, 6.45) is -0.599. The minimum Gasteiger partial charge on any atom is -0.481 e. The van der Waals surface area contributed by atoms with Crippen molar-refractivity contribution in [2.24, 2.45) is 17.6 Å². The maximum atomic E-state index is 13.4. The second-order valence-corrected chi connectivity index (χ2v) is 17.7. The van der Waals surface area contributed by atoms with Gasteiger partial charge >= 0.3 is 18.3 Å². The minimum absolute atomic E-state index is 0.00634. The molecule has 2 aliphatic heterocycles. The number of nitrogens with two attached hydrogens (primary N) is 1. The number of hydrogen-bond acceptors (Lipinski definition) is 9. The fourth-order valence-electron chi connectivity index (χ4n) is 7.84. The van der Waals surface area contributed by atoms with Crippen LogP contribution in [0.15, 0.2) is 36.7 Å². The number of carboxylic acids is 1. The number of halogens is 6. The third kappa shape index (κ3) is 10.3. The zero-order chi connectivity index (χ0) is 46.1. The SMILES string of the molecule is CC(C)(c1ccc2c(n1)CC[C@H](C(=O)O)C2)C(F)(F)F.C[C@@H](N)c1cnn2c1OCCC2.C[C@@H](NC(=O)[C@H]1CCc2nc(C(C)(C)C(F)(F)F)ccc2C1)c1cnn2c1OCCC2. The van der Waals surface area contributed by atoms with Gasteiger partial charge in [0.25, 0.3) is 0 Å². The van der Waals surface area contributed by atoms with Crippen LogP contribution in [0.4, 0.5) is 26.3 Å². The van der Waals surface area contributed by atoms with E-state index >= 15 is 0 Å². The number of aliphatic carboxylic acids is 1. The van der Waals surface area contributed by atoms with E-state index in [1.807, 2.05) is 23.2 Å². The molecular weight excluding hydrogens is 835 g/mol. The molecule has 0 spiro atoms. The number of fused-ring (bicyclic) bond motifs is 4. The second-order valence-electron chi connectivity index (χ2n) is 17.7. The largest absolute Gasteiger partial charge is 0.481 e. The van der Waals surface area contributed by atoms with Gasteiger partial charge in [-0.15, -0.1) is 0 Å². The first-order valence-electron chi connectivity index (χ1n) is 21.3. The highest BCUT2D eigenvalue weighted by molar-refractivity contribution is 5.80. The van der Waals surface area contributed by atoms with Crippen LogP contribution in [0.3, 0.4) is 0 Å².